The van der Waals surface area contributed by atoms with Gasteiger partial charge in [0.05, 0.1) is 37.8 Å². The molecule has 1 aliphatic heterocycles. The lowest BCUT2D eigenvalue weighted by Crippen LogP contribution is -2.39. The molecular formula is C27H24BrN3O6S. The van der Waals surface area contributed by atoms with Gasteiger partial charge in [-0.3, -0.25) is 19.5 Å². The number of fused-ring (bicyclic) bond motifs is 1. The van der Waals surface area contributed by atoms with Crippen molar-refractivity contribution in [2.45, 2.75) is 26.8 Å². The Balaban J connectivity index is 1.92. The van der Waals surface area contributed by atoms with Crippen LogP contribution < -0.4 is 19.6 Å². The molecule has 0 spiro atoms. The molecule has 11 heteroatoms. The molecule has 2 aromatic carbocycles. The third-order valence-electron chi connectivity index (χ3n) is 5.80. The van der Waals surface area contributed by atoms with Crippen molar-refractivity contribution in [2.75, 3.05) is 13.2 Å². The molecule has 0 amide bonds. The summed E-state index contributed by atoms with van der Waals surface area (Å²) in [7, 11) is 0. The molecule has 196 valence electrons. The summed E-state index contributed by atoms with van der Waals surface area (Å²) in [4.78, 5) is 42.9. The van der Waals surface area contributed by atoms with Gasteiger partial charge in [0.15, 0.2) is 4.80 Å². The number of carbonyl (C=O) groups excluding carboxylic acids is 1. The quantitative estimate of drug-likeness (QED) is 0.165. The predicted octanol–water partition coefficient (Wildman–Crippen LogP) is 4.34. The van der Waals surface area contributed by atoms with Crippen LogP contribution in [0.5, 0.6) is 5.75 Å². The van der Waals surface area contributed by atoms with E-state index < -0.39 is 16.9 Å². The third-order valence-corrected chi connectivity index (χ3v) is 7.37. The molecule has 0 N–H and O–H groups in total. The summed E-state index contributed by atoms with van der Waals surface area (Å²) in [5.41, 5.74) is 2.32. The lowest BCUT2D eigenvalue weighted by atomic mass is 9.95. The van der Waals surface area contributed by atoms with Crippen molar-refractivity contribution in [1.82, 2.24) is 4.57 Å². The van der Waals surface area contributed by atoms with Gasteiger partial charge in [-0.1, -0.05) is 53.8 Å². The summed E-state index contributed by atoms with van der Waals surface area (Å²) < 4.78 is 12.9. The summed E-state index contributed by atoms with van der Waals surface area (Å²) in [5, 5.41) is 11.7. The number of esters is 1. The Morgan fingerprint density at radius 2 is 2.00 bits per heavy atom. The van der Waals surface area contributed by atoms with Crippen LogP contribution in [0.2, 0.25) is 0 Å². The van der Waals surface area contributed by atoms with E-state index in [4.69, 9.17) is 9.47 Å². The SMILES string of the molecule is C=CCOc1c(Br)cc(/C=c2\sc3n(c2=O)[C@@H](c2ccc(C)cc2)C(C(=O)OCC)=C(C)N=3)cc1[N+](=O)[O-]. The second-order valence-electron chi connectivity index (χ2n) is 8.42. The minimum atomic E-state index is -0.733. The van der Waals surface area contributed by atoms with E-state index in [2.05, 4.69) is 27.5 Å². The number of nitro groups is 1. The Hall–Kier alpha value is -3.83. The number of ether oxygens (including phenoxy) is 2. The summed E-state index contributed by atoms with van der Waals surface area (Å²) in [6.45, 7) is 9.23. The molecule has 38 heavy (non-hydrogen) atoms. The van der Waals surface area contributed by atoms with Crippen LogP contribution in [0.1, 0.15) is 36.6 Å². The lowest BCUT2D eigenvalue weighted by molar-refractivity contribution is -0.385. The van der Waals surface area contributed by atoms with Crippen LogP contribution in [0.25, 0.3) is 6.08 Å². The largest absolute Gasteiger partial charge is 0.482 e. The summed E-state index contributed by atoms with van der Waals surface area (Å²) in [6.07, 6.45) is 3.05. The van der Waals surface area contributed by atoms with Gasteiger partial charge in [0.1, 0.15) is 6.61 Å². The molecule has 0 fully saturated rings. The number of thiazole rings is 1. The number of aryl methyl sites for hydroxylation is 1. The van der Waals surface area contributed by atoms with Crippen LogP contribution in [0, 0.1) is 17.0 Å². The summed E-state index contributed by atoms with van der Waals surface area (Å²) in [6, 6.07) is 9.81. The summed E-state index contributed by atoms with van der Waals surface area (Å²) in [5.74, 6) is -0.467. The van der Waals surface area contributed by atoms with Gasteiger partial charge in [0.2, 0.25) is 5.75 Å². The maximum atomic E-state index is 13.7. The smallest absolute Gasteiger partial charge is 0.338 e. The van der Waals surface area contributed by atoms with E-state index in [0.29, 0.717) is 25.1 Å². The molecule has 1 aliphatic rings. The zero-order valence-corrected chi connectivity index (χ0v) is 23.3. The van der Waals surface area contributed by atoms with Crippen LogP contribution in [0.15, 0.2) is 74.6 Å². The highest BCUT2D eigenvalue weighted by atomic mass is 79.9. The molecule has 0 aliphatic carbocycles. The van der Waals surface area contributed by atoms with E-state index in [1.165, 1.54) is 16.7 Å². The second kappa shape index (κ2) is 11.3. The molecule has 0 bridgehead atoms. The Labute approximate surface area is 230 Å². The Morgan fingerprint density at radius 1 is 1.29 bits per heavy atom. The number of hydrogen-bond acceptors (Lipinski definition) is 8. The van der Waals surface area contributed by atoms with E-state index in [0.717, 1.165) is 22.5 Å². The first-order valence-electron chi connectivity index (χ1n) is 11.6. The molecule has 0 unspecified atom stereocenters. The molecule has 0 radical (unpaired) electrons. The van der Waals surface area contributed by atoms with Gasteiger partial charge in [-0.05, 0) is 60.0 Å². The minimum Gasteiger partial charge on any atom is -0.482 e. The highest BCUT2D eigenvalue weighted by Crippen LogP contribution is 2.37. The number of nitrogens with zero attached hydrogens (tertiary/aromatic N) is 3. The highest BCUT2D eigenvalue weighted by Gasteiger charge is 2.33. The molecule has 9 nitrogen and oxygen atoms in total. The second-order valence-corrected chi connectivity index (χ2v) is 10.3. The third kappa shape index (κ3) is 5.25. The van der Waals surface area contributed by atoms with Crippen molar-refractivity contribution in [3.8, 4) is 5.75 Å². The number of allylic oxidation sites excluding steroid dienone is 1. The van der Waals surface area contributed by atoms with Crippen molar-refractivity contribution in [2.24, 2.45) is 4.99 Å². The normalized spacial score (nSPS) is 15.1. The number of halogens is 1. The number of benzene rings is 2. The fourth-order valence-electron chi connectivity index (χ4n) is 4.11. The molecule has 0 saturated carbocycles. The van der Waals surface area contributed by atoms with Crippen LogP contribution in [-0.4, -0.2) is 28.7 Å². The molecule has 0 saturated heterocycles. The van der Waals surface area contributed by atoms with E-state index in [9.17, 15) is 19.7 Å². The van der Waals surface area contributed by atoms with Gasteiger partial charge in [0.25, 0.3) is 5.56 Å². The van der Waals surface area contributed by atoms with Gasteiger partial charge < -0.3 is 9.47 Å². The number of nitro benzene ring substituents is 1. The highest BCUT2D eigenvalue weighted by molar-refractivity contribution is 9.10. The standard InChI is InChI=1S/C27H24BrN3O6S/c1-5-11-37-24-19(28)12-17(13-20(24)31(34)35)14-21-25(32)30-23(18-9-7-15(3)8-10-18)22(26(33)36-6-2)16(4)29-27(30)38-21/h5,7-10,12-14,23H,1,6,11H2,2-4H3/b21-14-/t23-/m0/s1. The van der Waals surface area contributed by atoms with Crippen molar-refractivity contribution in [1.29, 1.82) is 0 Å². The van der Waals surface area contributed by atoms with Crippen molar-refractivity contribution < 1.29 is 19.2 Å². The number of aromatic nitrogens is 1. The molecule has 4 rings (SSSR count). The molecule has 1 atom stereocenters. The fraction of sp³-hybridized carbons (Fsp3) is 0.222. The monoisotopic (exact) mass is 597 g/mol. The molecule has 1 aromatic heterocycles. The Bertz CT molecular complexity index is 1650. The topological polar surface area (TPSA) is 113 Å². The van der Waals surface area contributed by atoms with Crippen molar-refractivity contribution in [3.05, 3.63) is 111 Å². The Kier molecular flexibility index (Phi) is 8.08. The maximum Gasteiger partial charge on any atom is 0.338 e. The maximum absolute atomic E-state index is 13.7. The first-order valence-corrected chi connectivity index (χ1v) is 13.2. The predicted molar refractivity (Wildman–Crippen MR) is 148 cm³/mol. The lowest BCUT2D eigenvalue weighted by Gasteiger charge is -2.24. The summed E-state index contributed by atoms with van der Waals surface area (Å²) >= 11 is 4.48. The van der Waals surface area contributed by atoms with Crippen LogP contribution in [0.4, 0.5) is 5.69 Å². The van der Waals surface area contributed by atoms with Gasteiger partial charge in [-0.25, -0.2) is 9.79 Å². The average molecular weight is 598 g/mol. The molecule has 3 aromatic rings. The van der Waals surface area contributed by atoms with E-state index in [-0.39, 0.29) is 35.8 Å². The van der Waals surface area contributed by atoms with Gasteiger partial charge in [0, 0.05) is 6.07 Å². The van der Waals surface area contributed by atoms with Crippen molar-refractivity contribution in [3.63, 3.8) is 0 Å². The zero-order valence-electron chi connectivity index (χ0n) is 20.9. The first-order chi connectivity index (χ1) is 18.2. The number of carbonyl (C=O) groups is 1. The van der Waals surface area contributed by atoms with Gasteiger partial charge >= 0.3 is 11.7 Å². The zero-order chi connectivity index (χ0) is 27.6. The average Bonchev–Trinajstić information content (AvgIpc) is 3.17. The van der Waals surface area contributed by atoms with E-state index in [1.807, 2.05) is 31.2 Å². The first kappa shape index (κ1) is 27.2. The minimum absolute atomic E-state index is 0.0718. The fourth-order valence-corrected chi connectivity index (χ4v) is 5.74. The van der Waals surface area contributed by atoms with Crippen LogP contribution >= 0.6 is 27.3 Å². The Morgan fingerprint density at radius 3 is 2.63 bits per heavy atom. The number of rotatable bonds is 8. The molecule has 2 heterocycles. The van der Waals surface area contributed by atoms with Gasteiger partial charge in [-0.15, -0.1) is 0 Å². The van der Waals surface area contributed by atoms with E-state index in [1.54, 1.807) is 26.0 Å². The number of hydrogen-bond donors (Lipinski definition) is 0. The van der Waals surface area contributed by atoms with Crippen LogP contribution in [-0.2, 0) is 9.53 Å². The van der Waals surface area contributed by atoms with Crippen LogP contribution in [0.3, 0.4) is 0 Å². The molecular weight excluding hydrogens is 574 g/mol. The van der Waals surface area contributed by atoms with Crippen molar-refractivity contribution >= 4 is 45.0 Å². The van der Waals surface area contributed by atoms with E-state index >= 15 is 0 Å². The van der Waals surface area contributed by atoms with Gasteiger partial charge in [-0.2, -0.15) is 0 Å².